The van der Waals surface area contributed by atoms with Gasteiger partial charge >= 0.3 is 6.03 Å². The second-order valence-corrected chi connectivity index (χ2v) is 5.36. The maximum atomic E-state index is 12.2. The smallest absolute Gasteiger partial charge is 0.294 e. The van der Waals surface area contributed by atoms with Crippen molar-refractivity contribution in [2.24, 2.45) is 5.92 Å². The number of hydrogen-bond acceptors (Lipinski definition) is 2. The molecule has 0 unspecified atom stereocenters. The molecule has 94 valence electrons. The van der Waals surface area contributed by atoms with Crippen LogP contribution in [0.3, 0.4) is 0 Å². The Morgan fingerprint density at radius 2 is 2.06 bits per heavy atom. The number of hydrogen-bond donors (Lipinski definition) is 0. The van der Waals surface area contributed by atoms with Crippen LogP contribution in [0.4, 0.5) is 4.79 Å². The minimum absolute atomic E-state index is 0.139. The number of aromatic nitrogens is 2. The van der Waals surface area contributed by atoms with E-state index >= 15 is 0 Å². The van der Waals surface area contributed by atoms with Gasteiger partial charge in [-0.1, -0.05) is 19.9 Å². The molecule has 0 atom stereocenters. The standard InChI is InChI=1S/C13H21N3O/c1-11(2)7-10-15(13(3,4)5)12(17)16-9-6-8-14-16/h6-11H,1-5H3. The minimum Gasteiger partial charge on any atom is -0.294 e. The number of rotatable bonds is 2. The molecule has 0 aliphatic heterocycles. The summed E-state index contributed by atoms with van der Waals surface area (Å²) >= 11 is 0. The second kappa shape index (κ2) is 5.17. The topological polar surface area (TPSA) is 38.1 Å². The Hall–Kier alpha value is -1.58. The van der Waals surface area contributed by atoms with Crippen LogP contribution in [0.5, 0.6) is 0 Å². The van der Waals surface area contributed by atoms with Gasteiger partial charge in [-0.25, -0.2) is 4.79 Å². The van der Waals surface area contributed by atoms with Gasteiger partial charge in [0.05, 0.1) is 0 Å². The van der Waals surface area contributed by atoms with Crippen LogP contribution in [0.2, 0.25) is 0 Å². The molecule has 0 aromatic carbocycles. The van der Waals surface area contributed by atoms with Crippen LogP contribution >= 0.6 is 0 Å². The summed E-state index contributed by atoms with van der Waals surface area (Å²) in [5.41, 5.74) is -0.269. The van der Waals surface area contributed by atoms with Crippen molar-refractivity contribution < 1.29 is 4.79 Å². The van der Waals surface area contributed by atoms with E-state index in [1.165, 1.54) is 4.68 Å². The van der Waals surface area contributed by atoms with Crippen molar-refractivity contribution in [1.82, 2.24) is 14.7 Å². The molecule has 1 heterocycles. The van der Waals surface area contributed by atoms with Crippen LogP contribution in [-0.4, -0.2) is 26.3 Å². The highest BCUT2D eigenvalue weighted by atomic mass is 16.2. The molecule has 0 radical (unpaired) electrons. The molecule has 1 amide bonds. The zero-order valence-electron chi connectivity index (χ0n) is 11.2. The van der Waals surface area contributed by atoms with E-state index in [2.05, 4.69) is 18.9 Å². The Morgan fingerprint density at radius 1 is 1.41 bits per heavy atom. The van der Waals surface area contributed by atoms with Gasteiger partial charge in [0.15, 0.2) is 0 Å². The number of carbonyl (C=O) groups excluding carboxylic acids is 1. The summed E-state index contributed by atoms with van der Waals surface area (Å²) < 4.78 is 1.34. The third-order valence-electron chi connectivity index (χ3n) is 2.25. The second-order valence-electron chi connectivity index (χ2n) is 5.36. The molecule has 0 fully saturated rings. The van der Waals surface area contributed by atoms with E-state index in [0.717, 1.165) is 0 Å². The molecule has 0 saturated carbocycles. The zero-order valence-corrected chi connectivity index (χ0v) is 11.2. The Morgan fingerprint density at radius 3 is 2.47 bits per heavy atom. The predicted molar refractivity (Wildman–Crippen MR) is 68.6 cm³/mol. The zero-order chi connectivity index (χ0) is 13.1. The van der Waals surface area contributed by atoms with Gasteiger partial charge in [0.25, 0.3) is 0 Å². The summed E-state index contributed by atoms with van der Waals surface area (Å²) in [6.45, 7) is 10.2. The molecule has 0 spiro atoms. The number of carbonyl (C=O) groups is 1. The molecule has 0 aliphatic rings. The van der Waals surface area contributed by atoms with Crippen molar-refractivity contribution in [2.75, 3.05) is 0 Å². The van der Waals surface area contributed by atoms with Crippen molar-refractivity contribution >= 4 is 6.03 Å². The van der Waals surface area contributed by atoms with Crippen molar-refractivity contribution in [3.8, 4) is 0 Å². The number of nitrogens with zero attached hydrogens (tertiary/aromatic N) is 3. The first-order valence-corrected chi connectivity index (χ1v) is 5.84. The summed E-state index contributed by atoms with van der Waals surface area (Å²) in [7, 11) is 0. The van der Waals surface area contributed by atoms with Gasteiger partial charge in [-0.15, -0.1) is 0 Å². The average molecular weight is 235 g/mol. The third kappa shape index (κ3) is 3.73. The molecule has 4 nitrogen and oxygen atoms in total. The fourth-order valence-corrected chi connectivity index (χ4v) is 1.32. The Bertz CT molecular complexity index is 385. The highest BCUT2D eigenvalue weighted by molar-refractivity contribution is 5.77. The molecule has 1 aromatic rings. The first-order valence-electron chi connectivity index (χ1n) is 5.84. The Labute approximate surface area is 103 Å². The van der Waals surface area contributed by atoms with Gasteiger partial charge in [-0.3, -0.25) is 4.90 Å². The van der Waals surface area contributed by atoms with Crippen LogP contribution in [0.15, 0.2) is 30.7 Å². The molecular formula is C13H21N3O. The van der Waals surface area contributed by atoms with Gasteiger partial charge < -0.3 is 0 Å². The predicted octanol–water partition coefficient (Wildman–Crippen LogP) is 3.12. The maximum Gasteiger partial charge on any atom is 0.349 e. The largest absolute Gasteiger partial charge is 0.349 e. The summed E-state index contributed by atoms with van der Waals surface area (Å²) in [5.74, 6) is 0.408. The van der Waals surface area contributed by atoms with Crippen LogP contribution in [0.25, 0.3) is 0 Å². The van der Waals surface area contributed by atoms with E-state index in [-0.39, 0.29) is 11.6 Å². The Balaban J connectivity index is 2.96. The molecule has 0 N–H and O–H groups in total. The molecule has 0 saturated heterocycles. The van der Waals surface area contributed by atoms with Gasteiger partial charge in [-0.05, 0) is 32.8 Å². The molecule has 0 bridgehead atoms. The lowest BCUT2D eigenvalue weighted by Crippen LogP contribution is -2.44. The lowest BCUT2D eigenvalue weighted by molar-refractivity contribution is 0.177. The van der Waals surface area contributed by atoms with Gasteiger partial charge in [0.1, 0.15) is 0 Å². The fourth-order valence-electron chi connectivity index (χ4n) is 1.32. The molecule has 1 aromatic heterocycles. The van der Waals surface area contributed by atoms with E-state index in [9.17, 15) is 4.79 Å². The van der Waals surface area contributed by atoms with Crippen molar-refractivity contribution in [3.05, 3.63) is 30.7 Å². The first kappa shape index (κ1) is 13.5. The highest BCUT2D eigenvalue weighted by Gasteiger charge is 2.25. The van der Waals surface area contributed by atoms with Crippen LogP contribution in [-0.2, 0) is 0 Å². The summed E-state index contributed by atoms with van der Waals surface area (Å²) in [5, 5.41) is 3.97. The maximum absolute atomic E-state index is 12.2. The van der Waals surface area contributed by atoms with Gasteiger partial charge in [0.2, 0.25) is 0 Å². The van der Waals surface area contributed by atoms with Gasteiger partial charge in [-0.2, -0.15) is 9.78 Å². The van der Waals surface area contributed by atoms with E-state index in [4.69, 9.17) is 0 Å². The molecule has 4 heteroatoms. The molecule has 0 aliphatic carbocycles. The lowest BCUT2D eigenvalue weighted by atomic mass is 10.1. The minimum atomic E-state index is -0.269. The normalized spacial score (nSPS) is 12.4. The number of amides is 1. The van der Waals surface area contributed by atoms with Crippen LogP contribution in [0, 0.1) is 5.92 Å². The molecule has 1 rings (SSSR count). The number of allylic oxidation sites excluding steroid dienone is 1. The SMILES string of the molecule is CC(C)C=CN(C(=O)n1cccn1)C(C)(C)C. The quantitative estimate of drug-likeness (QED) is 0.790. The first-order chi connectivity index (χ1) is 7.82. The summed E-state index contributed by atoms with van der Waals surface area (Å²) in [6.07, 6.45) is 7.11. The van der Waals surface area contributed by atoms with Crippen LogP contribution < -0.4 is 0 Å². The molecule has 17 heavy (non-hydrogen) atoms. The summed E-state index contributed by atoms with van der Waals surface area (Å²) in [4.78, 5) is 13.9. The van der Waals surface area contributed by atoms with E-state index < -0.39 is 0 Å². The van der Waals surface area contributed by atoms with E-state index in [1.54, 1.807) is 23.4 Å². The van der Waals surface area contributed by atoms with Gasteiger partial charge in [0, 0.05) is 24.1 Å². The van der Waals surface area contributed by atoms with Crippen molar-refractivity contribution in [3.63, 3.8) is 0 Å². The summed E-state index contributed by atoms with van der Waals surface area (Å²) in [6, 6.07) is 1.60. The lowest BCUT2D eigenvalue weighted by Gasteiger charge is -2.32. The third-order valence-corrected chi connectivity index (χ3v) is 2.25. The Kier molecular flexibility index (Phi) is 4.10. The average Bonchev–Trinajstić information content (AvgIpc) is 2.67. The van der Waals surface area contributed by atoms with Crippen LogP contribution in [0.1, 0.15) is 34.6 Å². The van der Waals surface area contributed by atoms with E-state index in [0.29, 0.717) is 5.92 Å². The van der Waals surface area contributed by atoms with E-state index in [1.807, 2.05) is 33.0 Å². The van der Waals surface area contributed by atoms with Crippen molar-refractivity contribution in [2.45, 2.75) is 40.2 Å². The fraction of sp³-hybridized carbons (Fsp3) is 0.538. The van der Waals surface area contributed by atoms with Crippen molar-refractivity contribution in [1.29, 1.82) is 0 Å². The molecular weight excluding hydrogens is 214 g/mol. The highest BCUT2D eigenvalue weighted by Crippen LogP contribution is 2.16. The monoisotopic (exact) mass is 235 g/mol.